The molecule has 4 rings (SSSR count). The molecule has 0 saturated carbocycles. The molecule has 5 nitrogen and oxygen atoms in total. The number of nitrogens with zero attached hydrogens (tertiary/aromatic N) is 1. The minimum absolute atomic E-state index is 0.319. The Morgan fingerprint density at radius 3 is 2.31 bits per heavy atom. The molecule has 6 heteroatoms. The van der Waals surface area contributed by atoms with Gasteiger partial charge < -0.3 is 14.6 Å². The van der Waals surface area contributed by atoms with Crippen molar-refractivity contribution in [3.05, 3.63) is 95.8 Å². The fourth-order valence-electron chi connectivity index (χ4n) is 3.40. The number of carbonyl (C=O) groups excluding carboxylic acids is 1. The van der Waals surface area contributed by atoms with Crippen molar-refractivity contribution in [3.63, 3.8) is 0 Å². The highest BCUT2D eigenvalue weighted by atomic mass is 19.1. The third kappa shape index (κ3) is 4.07. The molecule has 3 aromatic carbocycles. The predicted molar refractivity (Wildman–Crippen MR) is 106 cm³/mol. The number of amides is 1. The van der Waals surface area contributed by atoms with Gasteiger partial charge in [-0.15, -0.1) is 0 Å². The fourth-order valence-corrected chi connectivity index (χ4v) is 3.40. The monoisotopic (exact) mass is 393 g/mol. The highest BCUT2D eigenvalue weighted by Gasteiger charge is 2.43. The summed E-state index contributed by atoms with van der Waals surface area (Å²) in [5.74, 6) is 0.299. The molecule has 1 amide bonds. The van der Waals surface area contributed by atoms with Crippen LogP contribution in [0.2, 0.25) is 0 Å². The van der Waals surface area contributed by atoms with Gasteiger partial charge in [0.25, 0.3) is 0 Å². The first-order valence-electron chi connectivity index (χ1n) is 9.28. The number of hydrogen-bond acceptors (Lipinski definition) is 4. The van der Waals surface area contributed by atoms with Crippen LogP contribution in [0.1, 0.15) is 17.2 Å². The van der Waals surface area contributed by atoms with Crippen LogP contribution in [0, 0.1) is 5.82 Å². The van der Waals surface area contributed by atoms with Gasteiger partial charge in [-0.2, -0.15) is 0 Å². The van der Waals surface area contributed by atoms with Gasteiger partial charge in [-0.05, 0) is 47.5 Å². The molecule has 1 saturated heterocycles. The van der Waals surface area contributed by atoms with Crippen molar-refractivity contribution in [2.24, 2.45) is 0 Å². The first-order chi connectivity index (χ1) is 14.2. The lowest BCUT2D eigenvalue weighted by molar-refractivity contribution is 0.0829. The summed E-state index contributed by atoms with van der Waals surface area (Å²) in [7, 11) is 0. The summed E-state index contributed by atoms with van der Waals surface area (Å²) in [6.07, 6.45) is -1.30. The largest absolute Gasteiger partial charge is 0.489 e. The topological polar surface area (TPSA) is 59.0 Å². The molecule has 1 aliphatic heterocycles. The van der Waals surface area contributed by atoms with Crippen LogP contribution in [0.3, 0.4) is 0 Å². The molecule has 29 heavy (non-hydrogen) atoms. The molecule has 0 aliphatic carbocycles. The van der Waals surface area contributed by atoms with Crippen molar-refractivity contribution >= 4 is 11.8 Å². The summed E-state index contributed by atoms with van der Waals surface area (Å²) in [4.78, 5) is 13.8. The Bertz CT molecular complexity index is 960. The number of hydrogen-bond donors (Lipinski definition) is 1. The van der Waals surface area contributed by atoms with Crippen molar-refractivity contribution < 1.29 is 23.8 Å². The zero-order valence-electron chi connectivity index (χ0n) is 15.6. The van der Waals surface area contributed by atoms with Crippen molar-refractivity contribution in [1.29, 1.82) is 0 Å². The summed E-state index contributed by atoms with van der Waals surface area (Å²) in [6.45, 7) is 0.131. The van der Waals surface area contributed by atoms with E-state index >= 15 is 0 Å². The Morgan fingerprint density at radius 2 is 1.66 bits per heavy atom. The zero-order valence-corrected chi connectivity index (χ0v) is 15.6. The van der Waals surface area contributed by atoms with Gasteiger partial charge in [-0.1, -0.05) is 42.5 Å². The lowest BCUT2D eigenvalue weighted by Crippen LogP contribution is -2.30. The SMILES string of the molecule is O=C1OC(CO)C(c2ccc(OCc3ccccc3)cc2)N1c1ccc(F)cc1. The highest BCUT2D eigenvalue weighted by Crippen LogP contribution is 2.37. The van der Waals surface area contributed by atoms with Crippen LogP contribution in [0.5, 0.6) is 5.75 Å². The standard InChI is InChI=1S/C23H20FNO4/c24-18-8-10-19(11-9-18)25-22(21(14-26)29-23(25)27)17-6-12-20(13-7-17)28-15-16-4-2-1-3-5-16/h1-13,21-22,26H,14-15H2. The van der Waals surface area contributed by atoms with E-state index in [2.05, 4.69) is 0 Å². The molecule has 0 aromatic heterocycles. The second kappa shape index (κ2) is 8.32. The van der Waals surface area contributed by atoms with Crippen molar-refractivity contribution in [2.75, 3.05) is 11.5 Å². The van der Waals surface area contributed by atoms with Gasteiger partial charge in [0.05, 0.1) is 6.61 Å². The lowest BCUT2D eigenvalue weighted by atomic mass is 10.0. The van der Waals surface area contributed by atoms with Gasteiger partial charge in [-0.25, -0.2) is 9.18 Å². The van der Waals surface area contributed by atoms with Crippen molar-refractivity contribution in [3.8, 4) is 5.75 Å². The first kappa shape index (κ1) is 19.0. The quantitative estimate of drug-likeness (QED) is 0.672. The van der Waals surface area contributed by atoms with Gasteiger partial charge in [-0.3, -0.25) is 4.90 Å². The van der Waals surface area contributed by atoms with E-state index in [4.69, 9.17) is 9.47 Å². The Hall–Kier alpha value is -3.38. The molecule has 2 unspecified atom stereocenters. The maximum atomic E-state index is 13.3. The number of benzene rings is 3. The van der Waals surface area contributed by atoms with E-state index in [0.717, 1.165) is 11.1 Å². The van der Waals surface area contributed by atoms with Crippen LogP contribution in [-0.4, -0.2) is 23.9 Å². The number of halogens is 1. The summed E-state index contributed by atoms with van der Waals surface area (Å²) in [6, 6.07) is 22.2. The molecule has 0 radical (unpaired) electrons. The molecule has 0 spiro atoms. The maximum absolute atomic E-state index is 13.3. The molecule has 3 aromatic rings. The van der Waals surface area contributed by atoms with Crippen LogP contribution in [0.15, 0.2) is 78.9 Å². The normalized spacial score (nSPS) is 18.6. The van der Waals surface area contributed by atoms with E-state index in [0.29, 0.717) is 18.0 Å². The second-order valence-corrected chi connectivity index (χ2v) is 6.74. The van der Waals surface area contributed by atoms with Gasteiger partial charge in [0.15, 0.2) is 6.10 Å². The molecular formula is C23H20FNO4. The zero-order chi connectivity index (χ0) is 20.2. The molecule has 1 fully saturated rings. The van der Waals surface area contributed by atoms with Crippen molar-refractivity contribution in [1.82, 2.24) is 0 Å². The van der Waals surface area contributed by atoms with E-state index in [9.17, 15) is 14.3 Å². The smallest absolute Gasteiger partial charge is 0.415 e. The predicted octanol–water partition coefficient (Wildman–Crippen LogP) is 4.46. The van der Waals surface area contributed by atoms with E-state index < -0.39 is 24.1 Å². The third-order valence-corrected chi connectivity index (χ3v) is 4.83. The number of carbonyl (C=O) groups is 1. The summed E-state index contributed by atoms with van der Waals surface area (Å²) in [5, 5.41) is 9.70. The fraction of sp³-hybridized carbons (Fsp3) is 0.174. The van der Waals surface area contributed by atoms with Crippen LogP contribution >= 0.6 is 0 Å². The summed E-state index contributed by atoms with van der Waals surface area (Å²) < 4.78 is 24.4. The Balaban J connectivity index is 1.55. The minimum atomic E-state index is -0.719. The van der Waals surface area contributed by atoms with Gasteiger partial charge >= 0.3 is 6.09 Å². The van der Waals surface area contributed by atoms with Crippen LogP contribution < -0.4 is 9.64 Å². The van der Waals surface area contributed by atoms with E-state index in [1.165, 1.54) is 29.2 Å². The number of cyclic esters (lactones) is 1. The van der Waals surface area contributed by atoms with E-state index in [-0.39, 0.29) is 6.61 Å². The number of rotatable bonds is 6. The van der Waals surface area contributed by atoms with Gasteiger partial charge in [0.1, 0.15) is 24.2 Å². The second-order valence-electron chi connectivity index (χ2n) is 6.74. The van der Waals surface area contributed by atoms with Crippen LogP contribution in [0.4, 0.5) is 14.9 Å². The highest BCUT2D eigenvalue weighted by molar-refractivity contribution is 5.91. The first-order valence-corrected chi connectivity index (χ1v) is 9.28. The minimum Gasteiger partial charge on any atom is -0.489 e. The van der Waals surface area contributed by atoms with E-state index in [1.54, 1.807) is 0 Å². The van der Waals surface area contributed by atoms with Gasteiger partial charge in [0, 0.05) is 5.69 Å². The summed E-state index contributed by atoms with van der Waals surface area (Å²) in [5.41, 5.74) is 2.35. The third-order valence-electron chi connectivity index (χ3n) is 4.83. The molecular weight excluding hydrogens is 373 g/mol. The molecule has 1 N–H and O–H groups in total. The lowest BCUT2D eigenvalue weighted by Gasteiger charge is -2.24. The average Bonchev–Trinajstić information content (AvgIpc) is 3.10. The number of ether oxygens (including phenoxy) is 2. The average molecular weight is 393 g/mol. The van der Waals surface area contributed by atoms with Crippen molar-refractivity contribution in [2.45, 2.75) is 18.8 Å². The number of anilines is 1. The van der Waals surface area contributed by atoms with Crippen LogP contribution in [0.25, 0.3) is 0 Å². The molecule has 1 aliphatic rings. The maximum Gasteiger partial charge on any atom is 0.415 e. The molecule has 148 valence electrons. The molecule has 2 atom stereocenters. The Kier molecular flexibility index (Phi) is 5.44. The molecule has 1 heterocycles. The molecule has 0 bridgehead atoms. The van der Waals surface area contributed by atoms with Gasteiger partial charge in [0.2, 0.25) is 0 Å². The Labute approximate surface area is 167 Å². The number of aliphatic hydroxyl groups is 1. The van der Waals surface area contributed by atoms with Crippen LogP contribution in [-0.2, 0) is 11.3 Å². The Morgan fingerprint density at radius 1 is 0.966 bits per heavy atom. The number of aliphatic hydroxyl groups excluding tert-OH is 1. The van der Waals surface area contributed by atoms with E-state index in [1.807, 2.05) is 54.6 Å². The summed E-state index contributed by atoms with van der Waals surface area (Å²) >= 11 is 0.